The fourth-order valence-corrected chi connectivity index (χ4v) is 5.82. The average molecular weight is 607 g/mol. The molecule has 0 spiro atoms. The SMILES string of the molecule is COC(=O)[C@H](C)NP(=O)(Nc1ccccc1)OC[C@@](C)(OC)[C@@H](OC(C)=O)[C@@H](OC(C)=O)c1ccc2c(N)ncnn12. The highest BCUT2D eigenvalue weighted by Crippen LogP contribution is 2.45. The van der Waals surface area contributed by atoms with Gasteiger partial charge in [-0.2, -0.15) is 5.10 Å². The van der Waals surface area contributed by atoms with Crippen LogP contribution in [0.2, 0.25) is 0 Å². The number of benzene rings is 1. The predicted octanol–water partition coefficient (Wildman–Crippen LogP) is 2.64. The van der Waals surface area contributed by atoms with Crippen LogP contribution in [0.3, 0.4) is 0 Å². The summed E-state index contributed by atoms with van der Waals surface area (Å²) in [6, 6.07) is 10.7. The van der Waals surface area contributed by atoms with E-state index in [-0.39, 0.29) is 11.5 Å². The molecule has 4 N–H and O–H groups in total. The Bertz CT molecular complexity index is 1450. The number of carbonyl (C=O) groups excluding carboxylic acids is 3. The molecule has 0 aliphatic rings. The van der Waals surface area contributed by atoms with Gasteiger partial charge in [-0.1, -0.05) is 18.2 Å². The number of nitrogens with one attached hydrogen (secondary N) is 2. The van der Waals surface area contributed by atoms with Crippen molar-refractivity contribution >= 4 is 42.6 Å². The van der Waals surface area contributed by atoms with Crippen molar-refractivity contribution in [1.29, 1.82) is 0 Å². The van der Waals surface area contributed by atoms with Gasteiger partial charge in [0.1, 0.15) is 23.5 Å². The van der Waals surface area contributed by atoms with Crippen molar-refractivity contribution in [2.45, 2.75) is 51.5 Å². The van der Waals surface area contributed by atoms with E-state index in [1.54, 1.807) is 42.5 Å². The number of ether oxygens (including phenoxy) is 4. The molecular weight excluding hydrogens is 571 g/mol. The molecular formula is C26H35N6O9P. The quantitative estimate of drug-likeness (QED) is 0.138. The number of esters is 3. The van der Waals surface area contributed by atoms with E-state index < -0.39 is 56.0 Å². The Labute approximate surface area is 242 Å². The van der Waals surface area contributed by atoms with Gasteiger partial charge in [0, 0.05) is 26.6 Å². The van der Waals surface area contributed by atoms with Gasteiger partial charge in [-0.25, -0.2) is 19.2 Å². The number of carbonyl (C=O) groups is 3. The van der Waals surface area contributed by atoms with Crippen molar-refractivity contribution in [3.05, 3.63) is 54.5 Å². The van der Waals surface area contributed by atoms with Crippen LogP contribution in [-0.4, -0.2) is 71.1 Å². The number of nitrogens with zero attached hydrogens (tertiary/aromatic N) is 3. The lowest BCUT2D eigenvalue weighted by atomic mass is 9.93. The molecule has 228 valence electrons. The van der Waals surface area contributed by atoms with E-state index in [2.05, 4.69) is 20.3 Å². The van der Waals surface area contributed by atoms with E-state index in [9.17, 15) is 18.9 Å². The van der Waals surface area contributed by atoms with E-state index in [0.29, 0.717) is 11.2 Å². The highest BCUT2D eigenvalue weighted by Gasteiger charge is 2.48. The van der Waals surface area contributed by atoms with Crippen molar-refractivity contribution in [3.63, 3.8) is 0 Å². The molecule has 15 nitrogen and oxygen atoms in total. The molecule has 3 aromatic rings. The monoisotopic (exact) mass is 606 g/mol. The Morgan fingerprint density at radius 2 is 1.74 bits per heavy atom. The van der Waals surface area contributed by atoms with Crippen molar-refractivity contribution in [3.8, 4) is 0 Å². The highest BCUT2D eigenvalue weighted by molar-refractivity contribution is 7.58. The van der Waals surface area contributed by atoms with E-state index in [1.807, 2.05) is 0 Å². The summed E-state index contributed by atoms with van der Waals surface area (Å²) in [6.07, 6.45) is -1.43. The molecule has 0 radical (unpaired) electrons. The molecule has 0 bridgehead atoms. The first-order valence-electron chi connectivity index (χ1n) is 12.7. The molecule has 1 unspecified atom stereocenters. The molecule has 0 saturated heterocycles. The summed E-state index contributed by atoms with van der Waals surface area (Å²) in [5, 5.41) is 9.65. The minimum atomic E-state index is -4.08. The topological polar surface area (TPSA) is 195 Å². The van der Waals surface area contributed by atoms with Gasteiger partial charge in [-0.3, -0.25) is 18.9 Å². The van der Waals surface area contributed by atoms with Crippen LogP contribution in [0, 0.1) is 0 Å². The number of nitrogen functional groups attached to an aromatic ring is 1. The molecule has 0 fully saturated rings. The summed E-state index contributed by atoms with van der Waals surface area (Å²) in [5.74, 6) is -1.94. The molecule has 0 amide bonds. The molecule has 5 atom stereocenters. The third-order valence-corrected chi connectivity index (χ3v) is 8.01. The number of hydrogen-bond donors (Lipinski definition) is 3. The second-order valence-electron chi connectivity index (χ2n) is 9.45. The standard InChI is InChI=1S/C26H35N6O9P/c1-16(25(35)37-5)30-42(36,31-19-10-8-7-9-11-19)39-14-26(4,38-6)23(41-18(3)34)22(40-17(2)33)20-12-13-21-24(27)28-15-29-32(20)21/h7-13,15-16,22-23H,14H2,1-6H3,(H2,27,28,29)(H2,30,31,36)/t16-,22-,23-,26+,42?/m0/s1. The lowest BCUT2D eigenvalue weighted by molar-refractivity contribution is -0.199. The fraction of sp³-hybridized carbons (Fsp3) is 0.423. The molecule has 2 heterocycles. The van der Waals surface area contributed by atoms with Crippen molar-refractivity contribution in [2.75, 3.05) is 31.6 Å². The van der Waals surface area contributed by atoms with Crippen LogP contribution in [0.5, 0.6) is 0 Å². The Balaban J connectivity index is 2.04. The fourth-order valence-electron chi connectivity index (χ4n) is 4.08. The van der Waals surface area contributed by atoms with E-state index >= 15 is 0 Å². The minimum absolute atomic E-state index is 0.165. The first kappa shape index (κ1) is 32.5. The van der Waals surface area contributed by atoms with Crippen molar-refractivity contribution in [1.82, 2.24) is 19.7 Å². The van der Waals surface area contributed by atoms with Gasteiger partial charge >= 0.3 is 25.6 Å². The van der Waals surface area contributed by atoms with Crippen molar-refractivity contribution in [2.24, 2.45) is 0 Å². The zero-order valence-corrected chi connectivity index (χ0v) is 25.0. The number of para-hydroxylation sites is 1. The smallest absolute Gasteiger partial charge is 0.366 e. The summed E-state index contributed by atoms with van der Waals surface area (Å²) >= 11 is 0. The molecule has 1 aromatic carbocycles. The number of fused-ring (bicyclic) bond motifs is 1. The molecule has 16 heteroatoms. The maximum atomic E-state index is 14.1. The largest absolute Gasteiger partial charge is 0.468 e. The lowest BCUT2D eigenvalue weighted by Crippen LogP contribution is -2.52. The van der Waals surface area contributed by atoms with Crippen LogP contribution in [-0.2, 0) is 42.4 Å². The van der Waals surface area contributed by atoms with Crippen LogP contribution < -0.4 is 15.9 Å². The van der Waals surface area contributed by atoms with Crippen LogP contribution in [0.15, 0.2) is 48.8 Å². The second kappa shape index (κ2) is 13.7. The predicted molar refractivity (Wildman–Crippen MR) is 151 cm³/mol. The van der Waals surface area contributed by atoms with Crippen LogP contribution in [0.25, 0.3) is 5.52 Å². The zero-order chi connectivity index (χ0) is 31.1. The van der Waals surface area contributed by atoms with Gasteiger partial charge in [0.25, 0.3) is 0 Å². The van der Waals surface area contributed by atoms with Gasteiger partial charge in [0.2, 0.25) is 0 Å². The van der Waals surface area contributed by atoms with Gasteiger partial charge < -0.3 is 29.8 Å². The molecule has 0 aliphatic heterocycles. The van der Waals surface area contributed by atoms with Crippen molar-refractivity contribution < 1.29 is 42.4 Å². The molecule has 2 aromatic heterocycles. The first-order chi connectivity index (χ1) is 19.8. The molecule has 0 aliphatic carbocycles. The maximum absolute atomic E-state index is 14.1. The number of hydrogen-bond acceptors (Lipinski definition) is 12. The Kier molecular flexibility index (Phi) is 10.6. The number of methoxy groups -OCH3 is 2. The molecule has 0 saturated carbocycles. The molecule has 42 heavy (non-hydrogen) atoms. The van der Waals surface area contributed by atoms with Gasteiger partial charge in [0.15, 0.2) is 18.0 Å². The summed E-state index contributed by atoms with van der Waals surface area (Å²) in [7, 11) is -1.57. The summed E-state index contributed by atoms with van der Waals surface area (Å²) in [6.45, 7) is 4.85. The molecule has 3 rings (SSSR count). The van der Waals surface area contributed by atoms with Gasteiger partial charge in [0.05, 0.1) is 19.4 Å². The van der Waals surface area contributed by atoms with E-state index in [4.69, 9.17) is 29.2 Å². The minimum Gasteiger partial charge on any atom is -0.468 e. The van der Waals surface area contributed by atoms with Crippen LogP contribution >= 0.6 is 7.67 Å². The third kappa shape index (κ3) is 7.82. The Morgan fingerprint density at radius 1 is 1.07 bits per heavy atom. The second-order valence-corrected chi connectivity index (χ2v) is 11.3. The van der Waals surface area contributed by atoms with E-state index in [0.717, 1.165) is 0 Å². The first-order valence-corrected chi connectivity index (χ1v) is 14.4. The van der Waals surface area contributed by atoms with Gasteiger partial charge in [-0.15, -0.1) is 0 Å². The lowest BCUT2D eigenvalue weighted by Gasteiger charge is -2.39. The number of aromatic nitrogens is 3. The highest BCUT2D eigenvalue weighted by atomic mass is 31.2. The maximum Gasteiger partial charge on any atom is 0.366 e. The summed E-state index contributed by atoms with van der Waals surface area (Å²) < 4.78 is 43.3. The van der Waals surface area contributed by atoms with Crippen LogP contribution in [0.4, 0.5) is 11.5 Å². The van der Waals surface area contributed by atoms with Gasteiger partial charge in [-0.05, 0) is 38.1 Å². The zero-order valence-electron chi connectivity index (χ0n) is 24.1. The number of anilines is 2. The Hall–Kier alpha value is -4.04. The number of rotatable bonds is 14. The summed E-state index contributed by atoms with van der Waals surface area (Å²) in [5.41, 5.74) is 5.51. The summed E-state index contributed by atoms with van der Waals surface area (Å²) in [4.78, 5) is 40.7. The van der Waals surface area contributed by atoms with Crippen LogP contribution in [0.1, 0.15) is 39.5 Å². The average Bonchev–Trinajstić information content (AvgIpc) is 3.38. The van der Waals surface area contributed by atoms with E-state index in [1.165, 1.54) is 52.8 Å². The third-order valence-electron chi connectivity index (χ3n) is 6.23. The Morgan fingerprint density at radius 3 is 2.33 bits per heavy atom. The number of nitrogens with two attached hydrogens (primary N) is 1. The normalized spacial score (nSPS) is 16.3.